The summed E-state index contributed by atoms with van der Waals surface area (Å²) in [5, 5.41) is 28.3. The molecular formula is C26H23N3O3. The van der Waals surface area contributed by atoms with E-state index in [1.165, 1.54) is 0 Å². The third kappa shape index (κ3) is 3.21. The van der Waals surface area contributed by atoms with Crippen molar-refractivity contribution in [3.8, 4) is 22.8 Å². The van der Waals surface area contributed by atoms with Gasteiger partial charge in [0.05, 0.1) is 6.04 Å². The van der Waals surface area contributed by atoms with Gasteiger partial charge in [-0.25, -0.2) is 0 Å². The summed E-state index contributed by atoms with van der Waals surface area (Å²) >= 11 is 0. The van der Waals surface area contributed by atoms with Crippen LogP contribution in [0.3, 0.4) is 0 Å². The lowest BCUT2D eigenvalue weighted by Gasteiger charge is -2.26. The number of benzene rings is 3. The van der Waals surface area contributed by atoms with Crippen molar-refractivity contribution in [3.05, 3.63) is 100 Å². The van der Waals surface area contributed by atoms with Gasteiger partial charge < -0.3 is 15.1 Å². The fourth-order valence-corrected chi connectivity index (χ4v) is 4.53. The van der Waals surface area contributed by atoms with Gasteiger partial charge in [0.25, 0.3) is 5.91 Å². The van der Waals surface area contributed by atoms with E-state index in [9.17, 15) is 15.0 Å². The second-order valence-electron chi connectivity index (χ2n) is 8.26. The topological polar surface area (TPSA) is 89.4 Å². The molecule has 0 spiro atoms. The molecule has 0 saturated heterocycles. The molecule has 6 heteroatoms. The van der Waals surface area contributed by atoms with Gasteiger partial charge in [0.1, 0.15) is 22.9 Å². The molecule has 0 fully saturated rings. The van der Waals surface area contributed by atoms with Crippen LogP contribution in [-0.4, -0.2) is 31.2 Å². The minimum Gasteiger partial charge on any atom is -0.508 e. The van der Waals surface area contributed by atoms with Crippen molar-refractivity contribution in [2.75, 3.05) is 0 Å². The number of carbonyl (C=O) groups excluding carboxylic acids is 1. The number of rotatable bonds is 4. The number of aromatic nitrogens is 2. The molecule has 4 aromatic rings. The van der Waals surface area contributed by atoms with Crippen molar-refractivity contribution in [1.82, 2.24) is 15.1 Å². The molecule has 5 rings (SSSR count). The lowest BCUT2D eigenvalue weighted by Crippen LogP contribution is -2.29. The monoisotopic (exact) mass is 425 g/mol. The number of nitrogens with zero attached hydrogens (tertiary/aromatic N) is 2. The Hall–Kier alpha value is -4.06. The largest absolute Gasteiger partial charge is 0.508 e. The molecule has 6 nitrogen and oxygen atoms in total. The van der Waals surface area contributed by atoms with E-state index in [-0.39, 0.29) is 17.4 Å². The third-order valence-corrected chi connectivity index (χ3v) is 5.95. The third-order valence-electron chi connectivity index (χ3n) is 5.95. The van der Waals surface area contributed by atoms with Gasteiger partial charge in [-0.05, 0) is 54.3 Å². The predicted molar refractivity (Wildman–Crippen MR) is 121 cm³/mol. The number of amides is 1. The van der Waals surface area contributed by atoms with Crippen molar-refractivity contribution >= 4 is 5.91 Å². The Morgan fingerprint density at radius 1 is 1.00 bits per heavy atom. The van der Waals surface area contributed by atoms with Crippen molar-refractivity contribution in [1.29, 1.82) is 0 Å². The highest BCUT2D eigenvalue weighted by Gasteiger charge is 2.42. The van der Waals surface area contributed by atoms with Crippen LogP contribution in [-0.2, 0) is 6.54 Å². The van der Waals surface area contributed by atoms with E-state index in [0.717, 1.165) is 22.3 Å². The smallest absolute Gasteiger partial charge is 0.273 e. The summed E-state index contributed by atoms with van der Waals surface area (Å²) in [6, 6.07) is 20.0. The molecule has 1 aliphatic rings. The molecule has 0 radical (unpaired) electrons. The second kappa shape index (κ2) is 7.57. The molecule has 0 bridgehead atoms. The maximum absolute atomic E-state index is 13.5. The van der Waals surface area contributed by atoms with E-state index < -0.39 is 6.04 Å². The molecule has 1 amide bonds. The summed E-state index contributed by atoms with van der Waals surface area (Å²) < 4.78 is 0. The van der Waals surface area contributed by atoms with Crippen LogP contribution in [0, 0.1) is 13.8 Å². The summed E-state index contributed by atoms with van der Waals surface area (Å²) in [4.78, 5) is 15.2. The van der Waals surface area contributed by atoms with Crippen LogP contribution in [0.15, 0.2) is 66.7 Å². The minimum atomic E-state index is -0.459. The van der Waals surface area contributed by atoms with Gasteiger partial charge in [-0.2, -0.15) is 5.10 Å². The normalized spacial score (nSPS) is 15.2. The molecule has 32 heavy (non-hydrogen) atoms. The molecule has 0 aliphatic carbocycles. The highest BCUT2D eigenvalue weighted by Crippen LogP contribution is 2.46. The molecule has 1 unspecified atom stereocenters. The van der Waals surface area contributed by atoms with Gasteiger partial charge in [0.2, 0.25) is 0 Å². The Morgan fingerprint density at radius 2 is 1.78 bits per heavy atom. The number of carbonyl (C=O) groups is 1. The summed E-state index contributed by atoms with van der Waals surface area (Å²) in [5.41, 5.74) is 5.75. The number of hydrogen-bond acceptors (Lipinski definition) is 4. The number of phenols is 2. The van der Waals surface area contributed by atoms with Crippen molar-refractivity contribution < 1.29 is 15.0 Å². The van der Waals surface area contributed by atoms with E-state index in [4.69, 9.17) is 0 Å². The molecule has 1 atom stereocenters. The second-order valence-corrected chi connectivity index (χ2v) is 8.26. The Bertz CT molecular complexity index is 1330. The molecule has 3 aromatic carbocycles. The highest BCUT2D eigenvalue weighted by molar-refractivity contribution is 6.00. The number of hydrogen-bond donors (Lipinski definition) is 3. The van der Waals surface area contributed by atoms with E-state index in [2.05, 4.69) is 10.2 Å². The first-order chi connectivity index (χ1) is 15.4. The highest BCUT2D eigenvalue weighted by atomic mass is 16.3. The fraction of sp³-hybridized carbons (Fsp3) is 0.154. The van der Waals surface area contributed by atoms with Crippen LogP contribution in [0.2, 0.25) is 0 Å². The molecule has 3 N–H and O–H groups in total. The van der Waals surface area contributed by atoms with Crippen LogP contribution in [0.25, 0.3) is 11.3 Å². The first-order valence-corrected chi connectivity index (χ1v) is 10.5. The number of aromatic amines is 1. The van der Waals surface area contributed by atoms with Crippen molar-refractivity contribution in [3.63, 3.8) is 0 Å². The number of phenolic OH excluding ortho intramolecular Hbond substituents is 2. The van der Waals surface area contributed by atoms with Gasteiger partial charge in [-0.3, -0.25) is 9.89 Å². The van der Waals surface area contributed by atoms with E-state index >= 15 is 0 Å². The zero-order valence-electron chi connectivity index (χ0n) is 17.8. The minimum absolute atomic E-state index is 0.127. The number of nitrogens with one attached hydrogen (secondary N) is 1. The lowest BCUT2D eigenvalue weighted by molar-refractivity contribution is 0.0730. The molecule has 0 saturated carbocycles. The summed E-state index contributed by atoms with van der Waals surface area (Å²) in [7, 11) is 0. The Kier molecular flexibility index (Phi) is 4.70. The quantitative estimate of drug-likeness (QED) is 0.436. The Morgan fingerprint density at radius 3 is 2.53 bits per heavy atom. The fourth-order valence-electron chi connectivity index (χ4n) is 4.53. The Balaban J connectivity index is 1.70. The van der Waals surface area contributed by atoms with E-state index in [1.54, 1.807) is 23.1 Å². The maximum Gasteiger partial charge on any atom is 0.273 e. The number of H-pyrrole nitrogens is 1. The molecule has 1 aromatic heterocycles. The molecule has 1 aliphatic heterocycles. The van der Waals surface area contributed by atoms with Crippen molar-refractivity contribution in [2.24, 2.45) is 0 Å². The average molecular weight is 425 g/mol. The first kappa shape index (κ1) is 19.9. The number of aromatic hydroxyl groups is 2. The van der Waals surface area contributed by atoms with Crippen LogP contribution in [0.5, 0.6) is 11.5 Å². The van der Waals surface area contributed by atoms with Gasteiger partial charge in [0.15, 0.2) is 0 Å². The summed E-state index contributed by atoms with van der Waals surface area (Å²) in [6.07, 6.45) is 0. The lowest BCUT2D eigenvalue weighted by atomic mass is 9.94. The molecule has 160 valence electrons. The standard InChI is InChI=1S/C26H23N3O3/c1-15-11-16(2)25(31)20(12-15)22-21-23(28-27-22)26(32)29(14-17-7-4-3-5-8-17)24(21)18-9-6-10-19(30)13-18/h3-13,24,30-31H,14H2,1-2H3,(H,27,28). The van der Waals surface area contributed by atoms with Gasteiger partial charge in [0, 0.05) is 17.7 Å². The maximum atomic E-state index is 13.5. The van der Waals surface area contributed by atoms with Crippen LogP contribution in [0.4, 0.5) is 0 Å². The zero-order valence-corrected chi connectivity index (χ0v) is 17.8. The van der Waals surface area contributed by atoms with Crippen molar-refractivity contribution in [2.45, 2.75) is 26.4 Å². The Labute approximate surface area is 185 Å². The summed E-state index contributed by atoms with van der Waals surface area (Å²) in [5.74, 6) is 0.107. The first-order valence-electron chi connectivity index (χ1n) is 10.5. The van der Waals surface area contributed by atoms with E-state index in [1.807, 2.05) is 62.4 Å². The zero-order chi connectivity index (χ0) is 22.4. The van der Waals surface area contributed by atoms with Crippen LogP contribution >= 0.6 is 0 Å². The predicted octanol–water partition coefficient (Wildman–Crippen LogP) is 4.85. The van der Waals surface area contributed by atoms with Crippen LogP contribution in [0.1, 0.15) is 44.3 Å². The van der Waals surface area contributed by atoms with Gasteiger partial charge in [-0.15, -0.1) is 0 Å². The summed E-state index contributed by atoms with van der Waals surface area (Å²) in [6.45, 7) is 4.21. The molecule has 2 heterocycles. The van der Waals surface area contributed by atoms with E-state index in [0.29, 0.717) is 29.1 Å². The number of aryl methyl sites for hydroxylation is 2. The molecular weight excluding hydrogens is 402 g/mol. The SMILES string of the molecule is Cc1cc(C)c(O)c(-c2n[nH]c3c2C(c2cccc(O)c2)N(Cc2ccccc2)C3=O)c1. The van der Waals surface area contributed by atoms with Gasteiger partial charge >= 0.3 is 0 Å². The van der Waals surface area contributed by atoms with Crippen LogP contribution < -0.4 is 0 Å². The average Bonchev–Trinajstić information content (AvgIpc) is 3.31. The van der Waals surface area contributed by atoms with Gasteiger partial charge in [-0.1, -0.05) is 48.5 Å². The number of fused-ring (bicyclic) bond motifs is 1.